The molecule has 0 radical (unpaired) electrons. The first-order valence-corrected chi connectivity index (χ1v) is 11.8. The molecule has 5 rings (SSSR count). The lowest BCUT2D eigenvalue weighted by molar-refractivity contribution is -0.188. The first kappa shape index (κ1) is 20.8. The zero-order chi connectivity index (χ0) is 21.3. The molecule has 166 valence electrons. The van der Waals surface area contributed by atoms with Gasteiger partial charge in [-0.25, -0.2) is 9.37 Å². The van der Waals surface area contributed by atoms with E-state index >= 15 is 0 Å². The van der Waals surface area contributed by atoms with Gasteiger partial charge >= 0.3 is 0 Å². The standard InChI is InChI=1S/C22H27FN4O3S/c23-18-5-3-16(4-6-18)14-19-24-21(31-25-19)27-9-1-2-17(15-27)20(28)26-10-7-22(8-11-26)29-12-13-30-22/h3-6,17H,1-2,7-15H2. The summed E-state index contributed by atoms with van der Waals surface area (Å²) in [6, 6.07) is 6.43. The van der Waals surface area contributed by atoms with Crippen molar-refractivity contribution in [2.75, 3.05) is 44.3 Å². The van der Waals surface area contributed by atoms with E-state index in [-0.39, 0.29) is 17.6 Å². The second-order valence-electron chi connectivity index (χ2n) is 8.51. The van der Waals surface area contributed by atoms with Crippen molar-refractivity contribution in [3.05, 3.63) is 41.5 Å². The molecule has 3 aliphatic heterocycles. The topological polar surface area (TPSA) is 67.8 Å². The van der Waals surface area contributed by atoms with Crippen molar-refractivity contribution in [3.63, 3.8) is 0 Å². The number of ether oxygens (including phenoxy) is 2. The quantitative estimate of drug-likeness (QED) is 0.720. The van der Waals surface area contributed by atoms with Crippen molar-refractivity contribution in [3.8, 4) is 0 Å². The Bertz CT molecular complexity index is 906. The number of carbonyl (C=O) groups excluding carboxylic acids is 1. The van der Waals surface area contributed by atoms with Crippen molar-refractivity contribution in [2.45, 2.75) is 37.9 Å². The maximum Gasteiger partial charge on any atom is 0.227 e. The van der Waals surface area contributed by atoms with Gasteiger partial charge in [0, 0.05) is 57.0 Å². The lowest BCUT2D eigenvalue weighted by atomic mass is 9.95. The molecule has 1 aromatic heterocycles. The molecule has 4 heterocycles. The summed E-state index contributed by atoms with van der Waals surface area (Å²) in [5, 5.41) is 0.861. The number of hydrogen-bond donors (Lipinski definition) is 0. The Hall–Kier alpha value is -2.10. The highest BCUT2D eigenvalue weighted by Crippen LogP contribution is 2.33. The van der Waals surface area contributed by atoms with Crippen molar-refractivity contribution >= 4 is 22.6 Å². The molecule has 3 saturated heterocycles. The van der Waals surface area contributed by atoms with Crippen molar-refractivity contribution < 1.29 is 18.7 Å². The van der Waals surface area contributed by atoms with Crippen LogP contribution in [0.5, 0.6) is 0 Å². The number of piperidine rings is 2. The molecule has 0 saturated carbocycles. The molecular weight excluding hydrogens is 419 g/mol. The van der Waals surface area contributed by atoms with Crippen LogP contribution in [0.4, 0.5) is 9.52 Å². The molecule has 9 heteroatoms. The van der Waals surface area contributed by atoms with Gasteiger partial charge in [-0.3, -0.25) is 4.79 Å². The molecule has 0 aliphatic carbocycles. The molecule has 7 nitrogen and oxygen atoms in total. The van der Waals surface area contributed by atoms with Crippen LogP contribution >= 0.6 is 11.5 Å². The Labute approximate surface area is 185 Å². The van der Waals surface area contributed by atoms with E-state index in [9.17, 15) is 9.18 Å². The van der Waals surface area contributed by atoms with Gasteiger partial charge in [-0.15, -0.1) is 0 Å². The molecule has 0 N–H and O–H groups in total. The third-order valence-corrected chi connectivity index (χ3v) is 7.24. The first-order chi connectivity index (χ1) is 15.1. The summed E-state index contributed by atoms with van der Waals surface area (Å²) in [6.07, 6.45) is 3.95. The van der Waals surface area contributed by atoms with E-state index in [1.165, 1.54) is 23.7 Å². The zero-order valence-electron chi connectivity index (χ0n) is 17.5. The summed E-state index contributed by atoms with van der Waals surface area (Å²) >= 11 is 1.37. The van der Waals surface area contributed by atoms with Crippen molar-refractivity contribution in [1.82, 2.24) is 14.3 Å². The lowest BCUT2D eigenvalue weighted by Gasteiger charge is -2.40. The molecule has 0 bridgehead atoms. The number of benzene rings is 1. The van der Waals surface area contributed by atoms with Gasteiger partial charge in [-0.2, -0.15) is 4.37 Å². The summed E-state index contributed by atoms with van der Waals surface area (Å²) in [6.45, 7) is 4.25. The van der Waals surface area contributed by atoms with Crippen LogP contribution < -0.4 is 4.90 Å². The first-order valence-electron chi connectivity index (χ1n) is 11.0. The number of halogens is 1. The van der Waals surface area contributed by atoms with Crippen LogP contribution in [0.2, 0.25) is 0 Å². The van der Waals surface area contributed by atoms with Crippen LogP contribution in [0.3, 0.4) is 0 Å². The van der Waals surface area contributed by atoms with Crippen LogP contribution in [0, 0.1) is 11.7 Å². The van der Waals surface area contributed by atoms with Crippen molar-refractivity contribution in [2.24, 2.45) is 5.92 Å². The van der Waals surface area contributed by atoms with E-state index in [2.05, 4.69) is 14.3 Å². The highest BCUT2D eigenvalue weighted by Gasteiger charge is 2.42. The average Bonchev–Trinajstić information content (AvgIpc) is 3.46. The summed E-state index contributed by atoms with van der Waals surface area (Å²) in [7, 11) is 0. The van der Waals surface area contributed by atoms with E-state index in [0.29, 0.717) is 39.3 Å². The van der Waals surface area contributed by atoms with Gasteiger partial charge in [0.25, 0.3) is 0 Å². The van der Waals surface area contributed by atoms with E-state index in [1.807, 2.05) is 4.90 Å². The fourth-order valence-corrected chi connectivity index (χ4v) is 5.41. The second kappa shape index (κ2) is 8.80. The van der Waals surface area contributed by atoms with Crippen LogP contribution in [-0.2, 0) is 20.7 Å². The number of hydrogen-bond acceptors (Lipinski definition) is 7. The fourth-order valence-electron chi connectivity index (χ4n) is 4.69. The smallest absolute Gasteiger partial charge is 0.227 e. The Morgan fingerprint density at radius 1 is 1.16 bits per heavy atom. The van der Waals surface area contributed by atoms with E-state index in [4.69, 9.17) is 9.47 Å². The maximum atomic E-state index is 13.2. The van der Waals surface area contributed by atoms with Crippen LogP contribution in [0.1, 0.15) is 37.1 Å². The Morgan fingerprint density at radius 3 is 2.65 bits per heavy atom. The number of carbonyl (C=O) groups is 1. The van der Waals surface area contributed by atoms with Gasteiger partial charge in [-0.1, -0.05) is 12.1 Å². The second-order valence-corrected chi connectivity index (χ2v) is 9.24. The predicted molar refractivity (Wildman–Crippen MR) is 115 cm³/mol. The Morgan fingerprint density at radius 2 is 1.90 bits per heavy atom. The molecular formula is C22H27FN4O3S. The summed E-state index contributed by atoms with van der Waals surface area (Å²) in [4.78, 5) is 22.0. The molecule has 2 aromatic rings. The molecule has 3 aliphatic rings. The van der Waals surface area contributed by atoms with Crippen molar-refractivity contribution in [1.29, 1.82) is 0 Å². The summed E-state index contributed by atoms with van der Waals surface area (Å²) in [5.41, 5.74) is 0.982. The largest absolute Gasteiger partial charge is 0.347 e. The zero-order valence-corrected chi connectivity index (χ0v) is 18.3. The van der Waals surface area contributed by atoms with Gasteiger partial charge in [0.1, 0.15) is 11.6 Å². The van der Waals surface area contributed by atoms with Gasteiger partial charge in [0.15, 0.2) is 5.79 Å². The lowest BCUT2D eigenvalue weighted by Crippen LogP contribution is -2.51. The Balaban J connectivity index is 1.18. The van der Waals surface area contributed by atoms with Gasteiger partial charge in [-0.05, 0) is 30.5 Å². The summed E-state index contributed by atoms with van der Waals surface area (Å²) in [5.74, 6) is 0.249. The third-order valence-electron chi connectivity index (χ3n) is 6.42. The molecule has 1 spiro atoms. The normalized spacial score (nSPS) is 23.5. The molecule has 1 atom stereocenters. The molecule has 1 unspecified atom stereocenters. The van der Waals surface area contributed by atoms with E-state index in [0.717, 1.165) is 48.7 Å². The minimum atomic E-state index is -0.455. The van der Waals surface area contributed by atoms with Gasteiger partial charge in [0.05, 0.1) is 19.1 Å². The number of aromatic nitrogens is 2. The van der Waals surface area contributed by atoms with Crippen LogP contribution in [-0.4, -0.2) is 65.3 Å². The third kappa shape index (κ3) is 4.58. The highest BCUT2D eigenvalue weighted by molar-refractivity contribution is 7.09. The van der Waals surface area contributed by atoms with E-state index in [1.54, 1.807) is 12.1 Å². The number of rotatable bonds is 4. The van der Waals surface area contributed by atoms with E-state index < -0.39 is 5.79 Å². The van der Waals surface area contributed by atoms with Gasteiger partial charge < -0.3 is 19.3 Å². The molecule has 1 amide bonds. The number of anilines is 1. The Kier molecular flexibility index (Phi) is 5.90. The fraction of sp³-hybridized carbons (Fsp3) is 0.591. The number of amides is 1. The average molecular weight is 447 g/mol. The number of nitrogens with zero attached hydrogens (tertiary/aromatic N) is 4. The van der Waals surface area contributed by atoms with Gasteiger partial charge in [0.2, 0.25) is 11.0 Å². The molecule has 31 heavy (non-hydrogen) atoms. The highest BCUT2D eigenvalue weighted by atomic mass is 32.1. The SMILES string of the molecule is O=C(C1CCCN(c2nc(Cc3ccc(F)cc3)ns2)C1)N1CCC2(CC1)OCCO2. The minimum Gasteiger partial charge on any atom is -0.347 e. The summed E-state index contributed by atoms with van der Waals surface area (Å²) < 4.78 is 29.1. The number of likely N-dealkylation sites (tertiary alicyclic amines) is 1. The predicted octanol–water partition coefficient (Wildman–Crippen LogP) is 2.85. The minimum absolute atomic E-state index is 0.0161. The monoisotopic (exact) mass is 446 g/mol. The molecule has 3 fully saturated rings. The van der Waals surface area contributed by atoms with Crippen LogP contribution in [0.25, 0.3) is 0 Å². The maximum absolute atomic E-state index is 13.2. The molecule has 1 aromatic carbocycles. The van der Waals surface area contributed by atoms with Crippen LogP contribution in [0.15, 0.2) is 24.3 Å².